The van der Waals surface area contributed by atoms with Crippen LogP contribution < -0.4 is 11.0 Å². The Balaban J connectivity index is 1.22. The molecule has 2 amide bonds. The van der Waals surface area contributed by atoms with Crippen LogP contribution in [0.4, 0.5) is 0 Å². The van der Waals surface area contributed by atoms with Crippen molar-refractivity contribution in [2.45, 2.75) is 59.4 Å². The molecule has 206 valence electrons. The molecule has 5 rings (SSSR count). The largest absolute Gasteiger partial charge is 0.338 e. The first kappa shape index (κ1) is 27.1. The molecule has 2 N–H and O–H groups in total. The van der Waals surface area contributed by atoms with Crippen molar-refractivity contribution in [3.63, 3.8) is 0 Å². The first-order valence-electron chi connectivity index (χ1n) is 13.6. The third-order valence-electron chi connectivity index (χ3n) is 7.96. The molecule has 0 atom stereocenters. The molecule has 10 heteroatoms. The normalized spacial score (nSPS) is 17.1. The third kappa shape index (κ3) is 5.62. The predicted octanol–water partition coefficient (Wildman–Crippen LogP) is 4.01. The van der Waals surface area contributed by atoms with Gasteiger partial charge in [0.25, 0.3) is 17.4 Å². The molecule has 0 bridgehead atoms. The minimum Gasteiger partial charge on any atom is -0.338 e. The number of rotatable bonds is 6. The lowest BCUT2D eigenvalue weighted by Crippen LogP contribution is -2.45. The van der Waals surface area contributed by atoms with Gasteiger partial charge in [-0.05, 0) is 102 Å². The lowest BCUT2D eigenvalue weighted by Gasteiger charge is -2.36. The third-order valence-corrected chi connectivity index (χ3v) is 9.03. The topological polar surface area (TPSA) is 103 Å². The molecule has 0 unspecified atom stereocenters. The molecule has 2 aliphatic rings. The van der Waals surface area contributed by atoms with Gasteiger partial charge in [-0.2, -0.15) is 5.10 Å². The number of benzene rings is 1. The minimum atomic E-state index is -0.409. The highest BCUT2D eigenvalue weighted by atomic mass is 32.1. The SMILES string of the molecule is CC(=NNC(=O)c1ccc(C(=O)N2CCC(N3CCCC3)CC2)s1)c1c(C)[nH]n(-c2ccc(C)c(C)c2)c1=O. The van der Waals surface area contributed by atoms with E-state index in [1.807, 2.05) is 36.9 Å². The van der Waals surface area contributed by atoms with Gasteiger partial charge in [-0.15, -0.1) is 11.3 Å². The van der Waals surface area contributed by atoms with Crippen LogP contribution in [0.5, 0.6) is 0 Å². The Hall–Kier alpha value is -3.50. The average Bonchev–Trinajstić information content (AvgIpc) is 3.69. The van der Waals surface area contributed by atoms with E-state index in [1.165, 1.54) is 41.9 Å². The van der Waals surface area contributed by atoms with E-state index in [9.17, 15) is 14.4 Å². The highest BCUT2D eigenvalue weighted by molar-refractivity contribution is 7.15. The second-order valence-electron chi connectivity index (χ2n) is 10.6. The average molecular weight is 549 g/mol. The summed E-state index contributed by atoms with van der Waals surface area (Å²) in [6.45, 7) is 11.4. The molecule has 9 nitrogen and oxygen atoms in total. The quantitative estimate of drug-likeness (QED) is 0.359. The van der Waals surface area contributed by atoms with Gasteiger partial charge >= 0.3 is 0 Å². The maximum atomic E-state index is 13.2. The Morgan fingerprint density at radius 2 is 1.67 bits per heavy atom. The molecule has 0 spiro atoms. The summed E-state index contributed by atoms with van der Waals surface area (Å²) in [5.41, 5.74) is 6.77. The van der Waals surface area contributed by atoms with Gasteiger partial charge in [0, 0.05) is 24.8 Å². The first-order chi connectivity index (χ1) is 18.7. The second kappa shape index (κ2) is 11.3. The Morgan fingerprint density at radius 1 is 0.974 bits per heavy atom. The number of thiophene rings is 1. The van der Waals surface area contributed by atoms with Crippen LogP contribution in [0.1, 0.15) is 74.3 Å². The molecule has 2 fully saturated rings. The van der Waals surface area contributed by atoms with Crippen molar-refractivity contribution in [2.24, 2.45) is 5.10 Å². The zero-order valence-electron chi connectivity index (χ0n) is 23.0. The molecule has 2 aromatic heterocycles. The molecular weight excluding hydrogens is 512 g/mol. The standard InChI is InChI=1S/C29H36N6O3S/c1-18-7-8-23(17-19(18)2)35-29(38)26(21(4)32-35)20(3)30-31-27(36)24-9-10-25(39-24)28(37)34-15-11-22(12-16-34)33-13-5-6-14-33/h7-10,17,22,32H,5-6,11-16H2,1-4H3,(H,31,36). The van der Waals surface area contributed by atoms with E-state index in [-0.39, 0.29) is 11.5 Å². The lowest BCUT2D eigenvalue weighted by molar-refractivity contribution is 0.0649. The van der Waals surface area contributed by atoms with Crippen molar-refractivity contribution < 1.29 is 9.59 Å². The van der Waals surface area contributed by atoms with Gasteiger partial charge in [0.05, 0.1) is 26.7 Å². The van der Waals surface area contributed by atoms with Crippen molar-refractivity contribution in [1.82, 2.24) is 25.0 Å². The Kier molecular flexibility index (Phi) is 7.86. The summed E-state index contributed by atoms with van der Waals surface area (Å²) in [4.78, 5) is 44.5. The molecule has 4 heterocycles. The van der Waals surface area contributed by atoms with E-state index in [0.29, 0.717) is 32.8 Å². The zero-order valence-corrected chi connectivity index (χ0v) is 23.9. The summed E-state index contributed by atoms with van der Waals surface area (Å²) in [6, 6.07) is 9.77. The monoisotopic (exact) mass is 548 g/mol. The van der Waals surface area contributed by atoms with Gasteiger partial charge in [0.1, 0.15) is 0 Å². The number of aromatic nitrogens is 2. The first-order valence-corrected chi connectivity index (χ1v) is 14.4. The summed E-state index contributed by atoms with van der Waals surface area (Å²) >= 11 is 1.17. The number of H-pyrrole nitrogens is 1. The summed E-state index contributed by atoms with van der Waals surface area (Å²) in [6.07, 6.45) is 4.56. The Labute approximate surface area is 232 Å². The summed E-state index contributed by atoms with van der Waals surface area (Å²) in [5.74, 6) is -0.428. The Morgan fingerprint density at radius 3 is 2.36 bits per heavy atom. The fraction of sp³-hybridized carbons (Fsp3) is 0.448. The van der Waals surface area contributed by atoms with E-state index < -0.39 is 5.91 Å². The number of hydrogen-bond acceptors (Lipinski definition) is 6. The van der Waals surface area contributed by atoms with E-state index >= 15 is 0 Å². The fourth-order valence-electron chi connectivity index (χ4n) is 5.54. The fourth-order valence-corrected chi connectivity index (χ4v) is 6.40. The molecule has 2 aliphatic heterocycles. The predicted molar refractivity (Wildman–Crippen MR) is 154 cm³/mol. The van der Waals surface area contributed by atoms with Gasteiger partial charge in [-0.3, -0.25) is 19.5 Å². The maximum Gasteiger partial charge on any atom is 0.281 e. The number of amides is 2. The Bertz CT molecular complexity index is 1470. The van der Waals surface area contributed by atoms with E-state index in [1.54, 1.807) is 26.0 Å². The number of piperidine rings is 1. The second-order valence-corrected chi connectivity index (χ2v) is 11.7. The summed E-state index contributed by atoms with van der Waals surface area (Å²) < 4.78 is 1.49. The van der Waals surface area contributed by atoms with E-state index in [0.717, 1.165) is 42.7 Å². The minimum absolute atomic E-state index is 0.0200. The van der Waals surface area contributed by atoms with Gasteiger partial charge < -0.3 is 9.80 Å². The molecular formula is C29H36N6O3S. The van der Waals surface area contributed by atoms with E-state index in [2.05, 4.69) is 20.5 Å². The molecule has 0 aliphatic carbocycles. The number of carbonyl (C=O) groups excluding carboxylic acids is 2. The summed E-state index contributed by atoms with van der Waals surface area (Å²) in [7, 11) is 0. The molecule has 2 saturated heterocycles. The van der Waals surface area contributed by atoms with Crippen LogP contribution in [-0.4, -0.2) is 69.3 Å². The number of carbonyl (C=O) groups is 2. The number of hydrogen-bond donors (Lipinski definition) is 2. The van der Waals surface area contributed by atoms with Gasteiger partial charge in [-0.1, -0.05) is 6.07 Å². The number of likely N-dealkylation sites (tertiary alicyclic amines) is 2. The van der Waals surface area contributed by atoms with Crippen LogP contribution in [-0.2, 0) is 0 Å². The zero-order chi connectivity index (χ0) is 27.7. The van der Waals surface area contributed by atoms with Gasteiger partial charge in [0.15, 0.2) is 0 Å². The number of nitrogens with one attached hydrogen (secondary N) is 2. The van der Waals surface area contributed by atoms with Gasteiger partial charge in [-0.25, -0.2) is 10.1 Å². The van der Waals surface area contributed by atoms with Crippen molar-refractivity contribution >= 4 is 28.9 Å². The number of aryl methyl sites for hydroxylation is 3. The van der Waals surface area contributed by atoms with Crippen molar-refractivity contribution in [1.29, 1.82) is 0 Å². The van der Waals surface area contributed by atoms with Crippen LogP contribution in [0.2, 0.25) is 0 Å². The van der Waals surface area contributed by atoms with Crippen LogP contribution in [0.15, 0.2) is 40.2 Å². The lowest BCUT2D eigenvalue weighted by atomic mass is 10.0. The van der Waals surface area contributed by atoms with Gasteiger partial charge in [0.2, 0.25) is 0 Å². The number of hydrazone groups is 1. The molecule has 0 saturated carbocycles. The smallest absolute Gasteiger partial charge is 0.281 e. The van der Waals surface area contributed by atoms with Crippen LogP contribution >= 0.6 is 11.3 Å². The van der Waals surface area contributed by atoms with Crippen LogP contribution in [0.3, 0.4) is 0 Å². The van der Waals surface area contributed by atoms with Crippen molar-refractivity contribution in [3.8, 4) is 5.69 Å². The summed E-state index contributed by atoms with van der Waals surface area (Å²) in [5, 5.41) is 7.32. The number of nitrogens with zero attached hydrogens (tertiary/aromatic N) is 4. The van der Waals surface area contributed by atoms with Crippen LogP contribution in [0, 0.1) is 20.8 Å². The molecule has 3 aromatic rings. The highest BCUT2D eigenvalue weighted by Gasteiger charge is 2.29. The van der Waals surface area contributed by atoms with E-state index in [4.69, 9.17) is 0 Å². The molecule has 1 aromatic carbocycles. The highest BCUT2D eigenvalue weighted by Crippen LogP contribution is 2.24. The molecule has 39 heavy (non-hydrogen) atoms. The van der Waals surface area contributed by atoms with Crippen molar-refractivity contribution in [2.75, 3.05) is 26.2 Å². The number of aromatic amines is 1. The van der Waals surface area contributed by atoms with Crippen molar-refractivity contribution in [3.05, 3.63) is 72.8 Å². The molecule has 0 radical (unpaired) electrons. The van der Waals surface area contributed by atoms with Crippen LogP contribution in [0.25, 0.3) is 5.69 Å². The maximum absolute atomic E-state index is 13.2.